The average molecular weight is 331 g/mol. The third-order valence-electron chi connectivity index (χ3n) is 5.52. The Morgan fingerprint density at radius 3 is 2.61 bits per heavy atom. The molecule has 4 nitrogen and oxygen atoms in total. The molecule has 122 valence electrons. The molecule has 4 rings (SSSR count). The van der Waals surface area contributed by atoms with E-state index in [0.29, 0.717) is 31.7 Å². The third-order valence-corrected chi connectivity index (χ3v) is 6.71. The highest BCUT2D eigenvalue weighted by Gasteiger charge is 2.40. The highest BCUT2D eigenvalue weighted by molar-refractivity contribution is 7.10. The number of hydrogen-bond donors (Lipinski definition) is 0. The largest absolute Gasteiger partial charge is 0.324 e. The molecule has 2 fully saturated rings. The summed E-state index contributed by atoms with van der Waals surface area (Å²) in [6.07, 6.45) is 6.80. The van der Waals surface area contributed by atoms with Gasteiger partial charge in [-0.15, -0.1) is 11.3 Å². The van der Waals surface area contributed by atoms with E-state index in [1.165, 1.54) is 30.6 Å². The van der Waals surface area contributed by atoms with E-state index in [4.69, 9.17) is 0 Å². The van der Waals surface area contributed by atoms with Crippen LogP contribution in [0.15, 0.2) is 5.38 Å². The van der Waals surface area contributed by atoms with Gasteiger partial charge in [-0.1, -0.05) is 12.8 Å². The Morgan fingerprint density at radius 2 is 1.83 bits per heavy atom. The van der Waals surface area contributed by atoms with Crippen molar-refractivity contribution in [2.75, 3.05) is 0 Å². The zero-order valence-corrected chi connectivity index (χ0v) is 14.0. The summed E-state index contributed by atoms with van der Waals surface area (Å²) in [6, 6.07) is -0.400. The van der Waals surface area contributed by atoms with Crippen LogP contribution >= 0.6 is 11.3 Å². The van der Waals surface area contributed by atoms with E-state index in [2.05, 4.69) is 0 Å². The van der Waals surface area contributed by atoms with Crippen molar-refractivity contribution in [1.29, 1.82) is 0 Å². The van der Waals surface area contributed by atoms with Crippen molar-refractivity contribution in [3.8, 4) is 0 Å². The normalized spacial score (nSPS) is 26.0. The minimum Gasteiger partial charge on any atom is -0.324 e. The Bertz CT molecular complexity index is 672. The number of rotatable bonds is 2. The lowest BCUT2D eigenvalue weighted by molar-refractivity contribution is -0.128. The summed E-state index contributed by atoms with van der Waals surface area (Å²) < 4.78 is 0. The Labute approximate surface area is 139 Å². The van der Waals surface area contributed by atoms with E-state index < -0.39 is 6.04 Å². The summed E-state index contributed by atoms with van der Waals surface area (Å²) in [5.41, 5.74) is 1.97. The van der Waals surface area contributed by atoms with Crippen molar-refractivity contribution >= 4 is 28.8 Å². The summed E-state index contributed by atoms with van der Waals surface area (Å²) in [5.74, 6) is 0.540. The molecule has 0 aromatic carbocycles. The lowest BCUT2D eigenvalue weighted by atomic mass is 10.0. The predicted molar refractivity (Wildman–Crippen MR) is 87.7 cm³/mol. The summed E-state index contributed by atoms with van der Waals surface area (Å²) in [6.45, 7) is 0.564. The van der Waals surface area contributed by atoms with Gasteiger partial charge in [-0.3, -0.25) is 14.4 Å². The van der Waals surface area contributed by atoms with E-state index in [-0.39, 0.29) is 23.9 Å². The number of ketones is 2. The molecule has 23 heavy (non-hydrogen) atoms. The fourth-order valence-electron chi connectivity index (χ4n) is 4.30. The molecule has 2 saturated carbocycles. The quantitative estimate of drug-likeness (QED) is 0.616. The zero-order chi connectivity index (χ0) is 16.0. The van der Waals surface area contributed by atoms with Crippen molar-refractivity contribution in [3.05, 3.63) is 21.4 Å². The van der Waals surface area contributed by atoms with Crippen molar-refractivity contribution < 1.29 is 14.4 Å². The first-order chi connectivity index (χ1) is 11.1. The zero-order valence-electron chi connectivity index (χ0n) is 13.2. The maximum atomic E-state index is 12.8. The van der Waals surface area contributed by atoms with Gasteiger partial charge >= 0.3 is 0 Å². The van der Waals surface area contributed by atoms with Gasteiger partial charge in [-0.2, -0.15) is 0 Å². The average Bonchev–Trinajstić information content (AvgIpc) is 3.20. The maximum absolute atomic E-state index is 12.8. The standard InChI is InChI=1S/C18H21NO3S/c20-12-6-3-7-15(16(21)8-12)19-9-13-14(18(19)22)10-23-17(13)11-4-1-2-5-11/h10-11,15H,1-9H2/t15-/m0/s1. The number of Topliss-reactive ketones (excluding diaryl/α,β-unsaturated/α-hetero) is 2. The molecular weight excluding hydrogens is 310 g/mol. The van der Waals surface area contributed by atoms with Gasteiger partial charge in [0.15, 0.2) is 5.78 Å². The van der Waals surface area contributed by atoms with Gasteiger partial charge in [-0.25, -0.2) is 0 Å². The van der Waals surface area contributed by atoms with Crippen molar-refractivity contribution in [1.82, 2.24) is 4.90 Å². The van der Waals surface area contributed by atoms with Crippen molar-refractivity contribution in [2.24, 2.45) is 0 Å². The number of hydrogen-bond acceptors (Lipinski definition) is 4. The molecule has 0 spiro atoms. The summed E-state index contributed by atoms with van der Waals surface area (Å²) >= 11 is 1.72. The lowest BCUT2D eigenvalue weighted by Crippen LogP contribution is -2.41. The molecule has 1 aliphatic heterocycles. The SMILES string of the molecule is O=C1CCC[C@H](N2Cc3c(csc3C3CCCC3)C2=O)C(=O)C1. The second kappa shape index (κ2) is 5.86. The first-order valence-electron chi connectivity index (χ1n) is 8.61. The van der Waals surface area contributed by atoms with Crippen molar-refractivity contribution in [3.63, 3.8) is 0 Å². The molecular formula is C18H21NO3S. The van der Waals surface area contributed by atoms with E-state index in [1.807, 2.05) is 5.38 Å². The Hall–Kier alpha value is -1.49. The van der Waals surface area contributed by atoms with Crippen LogP contribution in [0.4, 0.5) is 0 Å². The van der Waals surface area contributed by atoms with Crippen LogP contribution in [0, 0.1) is 0 Å². The van der Waals surface area contributed by atoms with E-state index in [9.17, 15) is 14.4 Å². The molecule has 3 aliphatic rings. The second-order valence-corrected chi connectivity index (χ2v) is 7.91. The van der Waals surface area contributed by atoms with E-state index >= 15 is 0 Å². The summed E-state index contributed by atoms with van der Waals surface area (Å²) in [5, 5.41) is 1.98. The third kappa shape index (κ3) is 2.55. The Balaban J connectivity index is 1.59. The molecule has 1 amide bonds. The molecule has 5 heteroatoms. The van der Waals surface area contributed by atoms with Crippen LogP contribution in [-0.2, 0) is 16.1 Å². The Kier molecular flexibility index (Phi) is 3.84. The van der Waals surface area contributed by atoms with Crippen LogP contribution in [0.1, 0.15) is 78.1 Å². The van der Waals surface area contributed by atoms with Gasteiger partial charge in [0.05, 0.1) is 18.0 Å². The van der Waals surface area contributed by atoms with Crippen LogP contribution in [0.3, 0.4) is 0 Å². The van der Waals surface area contributed by atoms with Gasteiger partial charge in [0, 0.05) is 23.2 Å². The minimum atomic E-state index is -0.400. The van der Waals surface area contributed by atoms with Gasteiger partial charge in [-0.05, 0) is 37.2 Å². The van der Waals surface area contributed by atoms with Gasteiger partial charge in [0.2, 0.25) is 0 Å². The molecule has 0 bridgehead atoms. The predicted octanol–water partition coefficient (Wildman–Crippen LogP) is 3.44. The molecule has 0 radical (unpaired) electrons. The number of thiophene rings is 1. The van der Waals surface area contributed by atoms with Crippen LogP contribution < -0.4 is 0 Å². The lowest BCUT2D eigenvalue weighted by Gasteiger charge is -2.25. The topological polar surface area (TPSA) is 54.5 Å². The second-order valence-electron chi connectivity index (χ2n) is 7.00. The van der Waals surface area contributed by atoms with E-state index in [0.717, 1.165) is 11.1 Å². The van der Waals surface area contributed by atoms with Crippen LogP contribution in [0.2, 0.25) is 0 Å². The summed E-state index contributed by atoms with van der Waals surface area (Å²) in [7, 11) is 0. The van der Waals surface area contributed by atoms with Gasteiger partial charge in [0.1, 0.15) is 5.78 Å². The number of nitrogens with zero attached hydrogens (tertiary/aromatic N) is 1. The fraction of sp³-hybridized carbons (Fsp3) is 0.611. The molecule has 2 aliphatic carbocycles. The molecule has 0 saturated heterocycles. The number of carbonyl (C=O) groups excluding carboxylic acids is 3. The summed E-state index contributed by atoms with van der Waals surface area (Å²) in [4.78, 5) is 39.8. The Morgan fingerprint density at radius 1 is 1.04 bits per heavy atom. The molecule has 0 unspecified atom stereocenters. The van der Waals surface area contributed by atoms with Crippen molar-refractivity contribution in [2.45, 2.75) is 69.9 Å². The fourth-order valence-corrected chi connectivity index (χ4v) is 5.54. The van der Waals surface area contributed by atoms with Crippen LogP contribution in [-0.4, -0.2) is 28.4 Å². The smallest absolute Gasteiger partial charge is 0.255 e. The number of fused-ring (bicyclic) bond motifs is 1. The minimum absolute atomic E-state index is 0.00320. The molecule has 1 atom stereocenters. The number of carbonyl (C=O) groups is 3. The van der Waals surface area contributed by atoms with Crippen LogP contribution in [0.25, 0.3) is 0 Å². The highest BCUT2D eigenvalue weighted by atomic mass is 32.1. The highest BCUT2D eigenvalue weighted by Crippen LogP contribution is 2.43. The number of amides is 1. The van der Waals surface area contributed by atoms with Gasteiger partial charge < -0.3 is 4.90 Å². The first-order valence-corrected chi connectivity index (χ1v) is 9.48. The van der Waals surface area contributed by atoms with E-state index in [1.54, 1.807) is 16.2 Å². The molecule has 2 heterocycles. The van der Waals surface area contributed by atoms with Crippen LogP contribution in [0.5, 0.6) is 0 Å². The monoisotopic (exact) mass is 331 g/mol. The molecule has 0 N–H and O–H groups in total. The molecule has 1 aromatic heterocycles. The van der Waals surface area contributed by atoms with Gasteiger partial charge in [0.25, 0.3) is 5.91 Å². The maximum Gasteiger partial charge on any atom is 0.255 e. The molecule has 1 aromatic rings. The first kappa shape index (κ1) is 15.1.